The Balaban J connectivity index is 1.93. The van der Waals surface area contributed by atoms with Crippen LogP contribution in [-0.4, -0.2) is 15.5 Å². The number of hydrogen-bond donors (Lipinski definition) is 1. The van der Waals surface area contributed by atoms with E-state index in [1.165, 1.54) is 4.57 Å². The van der Waals surface area contributed by atoms with Crippen LogP contribution in [0.15, 0.2) is 53.3 Å². The maximum absolute atomic E-state index is 12.6. The van der Waals surface area contributed by atoms with Crippen molar-refractivity contribution in [3.63, 3.8) is 0 Å². The third-order valence-electron chi connectivity index (χ3n) is 3.47. The lowest BCUT2D eigenvalue weighted by Crippen LogP contribution is -2.30. The number of nitrogens with zero attached hydrogens (tertiary/aromatic N) is 2. The van der Waals surface area contributed by atoms with Crippen LogP contribution in [0.5, 0.6) is 0 Å². The quantitative estimate of drug-likeness (QED) is 0.804. The van der Waals surface area contributed by atoms with Crippen molar-refractivity contribution in [2.75, 3.05) is 5.32 Å². The second-order valence-corrected chi connectivity index (χ2v) is 5.56. The van der Waals surface area contributed by atoms with Crippen LogP contribution >= 0.6 is 11.6 Å². The maximum Gasteiger partial charge on any atom is 0.261 e. The van der Waals surface area contributed by atoms with Crippen LogP contribution in [0.3, 0.4) is 0 Å². The van der Waals surface area contributed by atoms with Crippen molar-refractivity contribution in [3.05, 3.63) is 69.7 Å². The molecule has 3 aromatic rings. The molecule has 1 aromatic heterocycles. The minimum absolute atomic E-state index is 0.102. The van der Waals surface area contributed by atoms with E-state index in [9.17, 15) is 9.59 Å². The molecule has 1 N–H and O–H groups in total. The Bertz CT molecular complexity index is 936. The van der Waals surface area contributed by atoms with E-state index < -0.39 is 0 Å². The summed E-state index contributed by atoms with van der Waals surface area (Å²) >= 11 is 5.94. The van der Waals surface area contributed by atoms with Crippen molar-refractivity contribution < 1.29 is 4.79 Å². The van der Waals surface area contributed by atoms with E-state index in [2.05, 4.69) is 10.3 Å². The molecule has 0 saturated heterocycles. The Hall–Kier alpha value is -2.66. The molecule has 0 unspecified atom stereocenters. The largest absolute Gasteiger partial charge is 0.325 e. The van der Waals surface area contributed by atoms with Gasteiger partial charge in [-0.25, -0.2) is 4.98 Å². The Morgan fingerprint density at radius 3 is 2.70 bits per heavy atom. The van der Waals surface area contributed by atoms with E-state index in [4.69, 9.17) is 11.6 Å². The predicted molar refractivity (Wildman–Crippen MR) is 90.8 cm³/mol. The highest BCUT2D eigenvalue weighted by molar-refractivity contribution is 6.31. The molecule has 2 aromatic carbocycles. The van der Waals surface area contributed by atoms with Gasteiger partial charge in [-0.05, 0) is 37.3 Å². The van der Waals surface area contributed by atoms with Gasteiger partial charge in [-0.1, -0.05) is 29.8 Å². The number of aryl methyl sites for hydroxylation is 1. The number of rotatable bonds is 3. The van der Waals surface area contributed by atoms with Crippen LogP contribution in [0.25, 0.3) is 10.9 Å². The van der Waals surface area contributed by atoms with Crippen molar-refractivity contribution in [3.8, 4) is 0 Å². The van der Waals surface area contributed by atoms with Crippen LogP contribution in [0.4, 0.5) is 5.69 Å². The van der Waals surface area contributed by atoms with Crippen molar-refractivity contribution in [2.45, 2.75) is 13.5 Å². The SMILES string of the molecule is Cc1nc2ccc(Cl)cc2c(=O)n1CC(=O)Nc1ccccc1. The fourth-order valence-electron chi connectivity index (χ4n) is 2.36. The van der Waals surface area contributed by atoms with Gasteiger partial charge in [-0.15, -0.1) is 0 Å². The topological polar surface area (TPSA) is 64.0 Å². The number of fused-ring (bicyclic) bond motifs is 1. The number of carbonyl (C=O) groups is 1. The fourth-order valence-corrected chi connectivity index (χ4v) is 2.53. The lowest BCUT2D eigenvalue weighted by Gasteiger charge is -2.11. The third kappa shape index (κ3) is 3.24. The van der Waals surface area contributed by atoms with E-state index in [-0.39, 0.29) is 18.0 Å². The molecule has 0 aliphatic carbocycles. The molecule has 3 rings (SSSR count). The zero-order valence-corrected chi connectivity index (χ0v) is 13.2. The summed E-state index contributed by atoms with van der Waals surface area (Å²) in [6.07, 6.45) is 0. The summed E-state index contributed by atoms with van der Waals surface area (Å²) in [4.78, 5) is 29.1. The van der Waals surface area contributed by atoms with Crippen molar-refractivity contribution in [1.29, 1.82) is 0 Å². The first-order valence-electron chi connectivity index (χ1n) is 7.06. The number of halogens is 1. The number of anilines is 1. The molecule has 1 amide bonds. The first kappa shape index (κ1) is 15.2. The molecular formula is C17H14ClN3O2. The summed E-state index contributed by atoms with van der Waals surface area (Å²) in [7, 11) is 0. The second kappa shape index (κ2) is 6.22. The molecule has 0 aliphatic heterocycles. The molecule has 0 spiro atoms. The van der Waals surface area contributed by atoms with Gasteiger partial charge >= 0.3 is 0 Å². The number of hydrogen-bond acceptors (Lipinski definition) is 3. The number of amides is 1. The second-order valence-electron chi connectivity index (χ2n) is 5.13. The van der Waals surface area contributed by atoms with Crippen molar-refractivity contribution in [2.24, 2.45) is 0 Å². The molecule has 0 saturated carbocycles. The van der Waals surface area contributed by atoms with Crippen LogP contribution in [-0.2, 0) is 11.3 Å². The van der Waals surface area contributed by atoms with Crippen LogP contribution in [0.1, 0.15) is 5.82 Å². The van der Waals surface area contributed by atoms with Gasteiger partial charge in [0.1, 0.15) is 12.4 Å². The summed E-state index contributed by atoms with van der Waals surface area (Å²) < 4.78 is 1.34. The molecule has 0 radical (unpaired) electrons. The van der Waals surface area contributed by atoms with E-state index in [1.807, 2.05) is 18.2 Å². The fraction of sp³-hybridized carbons (Fsp3) is 0.118. The zero-order chi connectivity index (χ0) is 16.4. The Labute approximate surface area is 137 Å². The number of aromatic nitrogens is 2. The van der Waals surface area contributed by atoms with Gasteiger partial charge in [0.15, 0.2) is 0 Å². The first-order chi connectivity index (χ1) is 11.0. The van der Waals surface area contributed by atoms with E-state index in [0.717, 1.165) is 0 Å². The Morgan fingerprint density at radius 1 is 1.22 bits per heavy atom. The third-order valence-corrected chi connectivity index (χ3v) is 3.70. The van der Waals surface area contributed by atoms with Crippen molar-refractivity contribution >= 4 is 34.1 Å². The number of nitrogens with one attached hydrogen (secondary N) is 1. The standard InChI is InChI=1S/C17H14ClN3O2/c1-11-19-15-8-7-12(18)9-14(15)17(23)21(11)10-16(22)20-13-5-3-2-4-6-13/h2-9H,10H2,1H3,(H,20,22). The monoisotopic (exact) mass is 327 g/mol. The molecule has 0 fully saturated rings. The number of benzene rings is 2. The minimum atomic E-state index is -0.287. The van der Waals surface area contributed by atoms with E-state index in [0.29, 0.717) is 27.4 Å². The Morgan fingerprint density at radius 2 is 1.96 bits per heavy atom. The average Bonchev–Trinajstić information content (AvgIpc) is 2.53. The van der Waals surface area contributed by atoms with Gasteiger partial charge in [0.05, 0.1) is 10.9 Å². The maximum atomic E-state index is 12.6. The van der Waals surface area contributed by atoms with Gasteiger partial charge in [0.2, 0.25) is 5.91 Å². The molecular weight excluding hydrogens is 314 g/mol. The summed E-state index contributed by atoms with van der Waals surface area (Å²) in [5, 5.41) is 3.61. The highest BCUT2D eigenvalue weighted by Gasteiger charge is 2.12. The molecule has 6 heteroatoms. The van der Waals surface area contributed by atoms with Crippen LogP contribution in [0, 0.1) is 6.92 Å². The number of para-hydroxylation sites is 1. The lowest BCUT2D eigenvalue weighted by atomic mass is 10.2. The highest BCUT2D eigenvalue weighted by atomic mass is 35.5. The van der Waals surface area contributed by atoms with Gasteiger partial charge in [0, 0.05) is 10.7 Å². The molecule has 1 heterocycles. The highest BCUT2D eigenvalue weighted by Crippen LogP contribution is 2.15. The van der Waals surface area contributed by atoms with Gasteiger partial charge in [0.25, 0.3) is 5.56 Å². The molecule has 0 bridgehead atoms. The smallest absolute Gasteiger partial charge is 0.261 e. The van der Waals surface area contributed by atoms with Crippen LogP contribution in [0.2, 0.25) is 5.02 Å². The summed E-state index contributed by atoms with van der Waals surface area (Å²) in [5.41, 5.74) is 0.967. The number of carbonyl (C=O) groups excluding carboxylic acids is 1. The minimum Gasteiger partial charge on any atom is -0.325 e. The average molecular weight is 328 g/mol. The molecule has 23 heavy (non-hydrogen) atoms. The zero-order valence-electron chi connectivity index (χ0n) is 12.4. The summed E-state index contributed by atoms with van der Waals surface area (Å²) in [5.74, 6) is 0.192. The van der Waals surface area contributed by atoms with Gasteiger partial charge in [-0.2, -0.15) is 0 Å². The normalized spacial score (nSPS) is 10.7. The predicted octanol–water partition coefficient (Wildman–Crippen LogP) is 3.00. The lowest BCUT2D eigenvalue weighted by molar-refractivity contribution is -0.116. The van der Waals surface area contributed by atoms with Gasteiger partial charge < -0.3 is 5.32 Å². The molecule has 0 atom stereocenters. The van der Waals surface area contributed by atoms with E-state index >= 15 is 0 Å². The summed E-state index contributed by atoms with van der Waals surface area (Å²) in [6.45, 7) is 1.60. The first-order valence-corrected chi connectivity index (χ1v) is 7.44. The summed E-state index contributed by atoms with van der Waals surface area (Å²) in [6, 6.07) is 14.0. The van der Waals surface area contributed by atoms with Crippen LogP contribution < -0.4 is 10.9 Å². The molecule has 116 valence electrons. The Kier molecular flexibility index (Phi) is 4.12. The molecule has 5 nitrogen and oxygen atoms in total. The van der Waals surface area contributed by atoms with Gasteiger partial charge in [-0.3, -0.25) is 14.2 Å². The molecule has 0 aliphatic rings. The van der Waals surface area contributed by atoms with E-state index in [1.54, 1.807) is 37.3 Å². The van der Waals surface area contributed by atoms with Crippen molar-refractivity contribution in [1.82, 2.24) is 9.55 Å².